The Morgan fingerprint density at radius 1 is 1.40 bits per heavy atom. The van der Waals surface area contributed by atoms with E-state index < -0.39 is 5.97 Å². The van der Waals surface area contributed by atoms with Crippen LogP contribution < -0.4 is 5.32 Å². The van der Waals surface area contributed by atoms with Crippen LogP contribution in [0, 0.1) is 0 Å². The third-order valence-corrected chi connectivity index (χ3v) is 3.92. The van der Waals surface area contributed by atoms with E-state index in [1.807, 2.05) is 23.6 Å². The van der Waals surface area contributed by atoms with Gasteiger partial charge in [-0.3, -0.25) is 4.79 Å². The Labute approximate surface area is 122 Å². The van der Waals surface area contributed by atoms with Gasteiger partial charge in [0, 0.05) is 18.3 Å². The van der Waals surface area contributed by atoms with Crippen LogP contribution in [0.4, 0.5) is 5.13 Å². The Morgan fingerprint density at radius 3 is 2.85 bits per heavy atom. The highest BCUT2D eigenvalue weighted by atomic mass is 32.1. The maximum atomic E-state index is 10.5. The van der Waals surface area contributed by atoms with E-state index in [1.54, 1.807) is 0 Å². The van der Waals surface area contributed by atoms with Crippen LogP contribution in [0.3, 0.4) is 0 Å². The molecule has 0 saturated heterocycles. The lowest BCUT2D eigenvalue weighted by Crippen LogP contribution is -2.09. The molecular weight excluding hydrogens is 272 g/mol. The van der Waals surface area contributed by atoms with E-state index in [4.69, 9.17) is 5.11 Å². The second kappa shape index (κ2) is 7.05. The van der Waals surface area contributed by atoms with Crippen molar-refractivity contribution >= 4 is 22.4 Å². The molecule has 2 aromatic rings. The van der Waals surface area contributed by atoms with Gasteiger partial charge in [-0.2, -0.15) is 0 Å². The van der Waals surface area contributed by atoms with Crippen molar-refractivity contribution in [3.8, 4) is 0 Å². The average molecular weight is 290 g/mol. The molecule has 1 unspecified atom stereocenters. The molecule has 0 amide bonds. The molecule has 0 radical (unpaired) electrons. The summed E-state index contributed by atoms with van der Waals surface area (Å²) >= 11 is 1.52. The van der Waals surface area contributed by atoms with Crippen molar-refractivity contribution in [2.24, 2.45) is 0 Å². The van der Waals surface area contributed by atoms with E-state index in [1.165, 1.54) is 16.9 Å². The molecule has 0 fully saturated rings. The molecule has 0 aliphatic rings. The number of anilines is 1. The molecule has 2 rings (SSSR count). The van der Waals surface area contributed by atoms with Gasteiger partial charge in [0.25, 0.3) is 0 Å². The first kappa shape index (κ1) is 14.5. The van der Waals surface area contributed by atoms with Crippen molar-refractivity contribution in [3.05, 3.63) is 47.0 Å². The first-order valence-electron chi connectivity index (χ1n) is 6.60. The van der Waals surface area contributed by atoms with Gasteiger partial charge in [-0.15, -0.1) is 11.3 Å². The van der Waals surface area contributed by atoms with E-state index in [2.05, 4.69) is 29.4 Å². The summed E-state index contributed by atoms with van der Waals surface area (Å²) in [5.41, 5.74) is 2.13. The summed E-state index contributed by atoms with van der Waals surface area (Å²) < 4.78 is 0. The Hall–Kier alpha value is -1.88. The molecule has 106 valence electrons. The fourth-order valence-corrected chi connectivity index (χ4v) is 2.63. The molecule has 4 nitrogen and oxygen atoms in total. The maximum Gasteiger partial charge on any atom is 0.303 e. The number of thiazole rings is 1. The van der Waals surface area contributed by atoms with Crippen LogP contribution in [0.25, 0.3) is 0 Å². The van der Waals surface area contributed by atoms with Crippen LogP contribution in [-0.4, -0.2) is 22.6 Å². The van der Waals surface area contributed by atoms with Crippen LogP contribution in [0.2, 0.25) is 0 Å². The van der Waals surface area contributed by atoms with E-state index in [0.29, 0.717) is 12.3 Å². The Morgan fingerprint density at radius 2 is 2.15 bits per heavy atom. The fourth-order valence-electron chi connectivity index (χ4n) is 1.88. The van der Waals surface area contributed by atoms with Crippen molar-refractivity contribution in [2.45, 2.75) is 25.7 Å². The van der Waals surface area contributed by atoms with Gasteiger partial charge in [0.1, 0.15) is 0 Å². The lowest BCUT2D eigenvalue weighted by Gasteiger charge is -2.12. The Balaban J connectivity index is 1.83. The lowest BCUT2D eigenvalue weighted by atomic mass is 10.0. The van der Waals surface area contributed by atoms with Gasteiger partial charge in [0.05, 0.1) is 12.1 Å². The number of aliphatic carboxylic acids is 1. The molecule has 0 spiro atoms. The van der Waals surface area contributed by atoms with Gasteiger partial charge in [-0.05, 0) is 11.5 Å². The second-order valence-electron chi connectivity index (χ2n) is 4.73. The van der Waals surface area contributed by atoms with Crippen molar-refractivity contribution < 1.29 is 9.90 Å². The predicted molar refractivity (Wildman–Crippen MR) is 81.4 cm³/mol. The quantitative estimate of drug-likeness (QED) is 0.820. The number of benzene rings is 1. The van der Waals surface area contributed by atoms with Crippen molar-refractivity contribution in [1.29, 1.82) is 0 Å². The van der Waals surface area contributed by atoms with E-state index >= 15 is 0 Å². The number of hydrogen-bond acceptors (Lipinski definition) is 4. The predicted octanol–water partition coefficient (Wildman–Crippen LogP) is 3.38. The summed E-state index contributed by atoms with van der Waals surface area (Å²) in [6.45, 7) is 2.98. The van der Waals surface area contributed by atoms with E-state index in [9.17, 15) is 4.79 Å². The Kier molecular flexibility index (Phi) is 5.12. The van der Waals surface area contributed by atoms with Crippen LogP contribution >= 0.6 is 11.3 Å². The molecular formula is C15H18N2O2S. The van der Waals surface area contributed by atoms with Crippen LogP contribution in [0.15, 0.2) is 35.7 Å². The standard InChI is InChI=1S/C15H18N2O2S/c1-11(12-5-3-2-4-6-12)9-16-15-17-13(10-20-15)7-8-14(18)19/h2-6,10-11H,7-9H2,1H3,(H,16,17)(H,18,19). The Bertz CT molecular complexity index is 554. The summed E-state index contributed by atoms with van der Waals surface area (Å²) in [5.74, 6) is -0.382. The maximum absolute atomic E-state index is 10.5. The van der Waals surface area contributed by atoms with E-state index in [0.717, 1.165) is 17.4 Å². The van der Waals surface area contributed by atoms with Crippen molar-refractivity contribution in [2.75, 3.05) is 11.9 Å². The summed E-state index contributed by atoms with van der Waals surface area (Å²) in [4.78, 5) is 14.9. The molecule has 0 aliphatic heterocycles. The summed E-state index contributed by atoms with van der Waals surface area (Å²) in [7, 11) is 0. The molecule has 0 saturated carbocycles. The molecule has 2 N–H and O–H groups in total. The zero-order chi connectivity index (χ0) is 14.4. The number of aryl methyl sites for hydroxylation is 1. The topological polar surface area (TPSA) is 62.2 Å². The summed E-state index contributed by atoms with van der Waals surface area (Å²) in [5, 5.41) is 14.7. The van der Waals surface area contributed by atoms with Crippen LogP contribution in [0.5, 0.6) is 0 Å². The minimum Gasteiger partial charge on any atom is -0.481 e. The SMILES string of the molecule is CC(CNc1nc(CCC(=O)O)cs1)c1ccccc1. The molecule has 20 heavy (non-hydrogen) atoms. The molecule has 1 atom stereocenters. The average Bonchev–Trinajstić information content (AvgIpc) is 2.91. The number of nitrogens with zero attached hydrogens (tertiary/aromatic N) is 1. The lowest BCUT2D eigenvalue weighted by molar-refractivity contribution is -0.136. The number of carboxylic acids is 1. The number of hydrogen-bond donors (Lipinski definition) is 2. The molecule has 1 heterocycles. The molecule has 5 heteroatoms. The summed E-state index contributed by atoms with van der Waals surface area (Å²) in [6, 6.07) is 10.3. The second-order valence-corrected chi connectivity index (χ2v) is 5.59. The minimum atomic E-state index is -0.787. The van der Waals surface area contributed by atoms with E-state index in [-0.39, 0.29) is 6.42 Å². The number of aromatic nitrogens is 1. The van der Waals surface area contributed by atoms with Gasteiger partial charge in [0.2, 0.25) is 0 Å². The number of carboxylic acid groups (broad SMARTS) is 1. The van der Waals surface area contributed by atoms with Gasteiger partial charge in [0.15, 0.2) is 5.13 Å². The zero-order valence-corrected chi connectivity index (χ0v) is 12.2. The highest BCUT2D eigenvalue weighted by molar-refractivity contribution is 7.13. The highest BCUT2D eigenvalue weighted by Crippen LogP contribution is 2.19. The molecule has 0 bridgehead atoms. The molecule has 1 aromatic carbocycles. The van der Waals surface area contributed by atoms with Gasteiger partial charge >= 0.3 is 5.97 Å². The normalized spacial score (nSPS) is 12.1. The minimum absolute atomic E-state index is 0.129. The van der Waals surface area contributed by atoms with Gasteiger partial charge in [-0.25, -0.2) is 4.98 Å². The monoisotopic (exact) mass is 290 g/mol. The van der Waals surface area contributed by atoms with Crippen molar-refractivity contribution in [1.82, 2.24) is 4.98 Å². The van der Waals surface area contributed by atoms with Gasteiger partial charge < -0.3 is 10.4 Å². The van der Waals surface area contributed by atoms with Gasteiger partial charge in [-0.1, -0.05) is 37.3 Å². The largest absolute Gasteiger partial charge is 0.481 e. The first-order valence-corrected chi connectivity index (χ1v) is 7.48. The van der Waals surface area contributed by atoms with Crippen LogP contribution in [0.1, 0.15) is 30.5 Å². The number of rotatable bonds is 7. The smallest absolute Gasteiger partial charge is 0.303 e. The fraction of sp³-hybridized carbons (Fsp3) is 0.333. The molecule has 1 aromatic heterocycles. The number of carbonyl (C=O) groups is 1. The third kappa shape index (κ3) is 4.35. The third-order valence-electron chi connectivity index (χ3n) is 3.07. The van der Waals surface area contributed by atoms with Crippen molar-refractivity contribution in [3.63, 3.8) is 0 Å². The molecule has 0 aliphatic carbocycles. The summed E-state index contributed by atoms with van der Waals surface area (Å²) in [6.07, 6.45) is 0.616. The highest BCUT2D eigenvalue weighted by Gasteiger charge is 2.07. The zero-order valence-electron chi connectivity index (χ0n) is 11.4. The van der Waals surface area contributed by atoms with Crippen LogP contribution in [-0.2, 0) is 11.2 Å². The first-order chi connectivity index (χ1) is 9.65. The number of nitrogens with one attached hydrogen (secondary N) is 1.